The van der Waals surface area contributed by atoms with Gasteiger partial charge in [0.2, 0.25) is 0 Å². The van der Waals surface area contributed by atoms with Crippen molar-refractivity contribution < 1.29 is 9.90 Å². The van der Waals surface area contributed by atoms with Crippen LogP contribution in [0.4, 0.5) is 0 Å². The van der Waals surface area contributed by atoms with E-state index in [-0.39, 0.29) is 11.7 Å². The Balaban J connectivity index is 2.17. The van der Waals surface area contributed by atoms with Crippen molar-refractivity contribution in [2.75, 3.05) is 18.4 Å². The minimum atomic E-state index is -0.0838. The molecule has 1 amide bonds. The fourth-order valence-corrected chi connectivity index (χ4v) is 3.11. The molecule has 1 aliphatic heterocycles. The molecule has 1 fully saturated rings. The van der Waals surface area contributed by atoms with Crippen LogP contribution in [-0.4, -0.2) is 34.3 Å². The maximum Gasteiger partial charge on any atom is 0.257 e. The zero-order chi connectivity index (χ0) is 13.1. The van der Waals surface area contributed by atoms with Gasteiger partial charge in [0.05, 0.1) is 5.56 Å². The third-order valence-electron chi connectivity index (χ3n) is 3.21. The van der Waals surface area contributed by atoms with Gasteiger partial charge in [-0.2, -0.15) is 0 Å². The van der Waals surface area contributed by atoms with Crippen LogP contribution >= 0.6 is 31.9 Å². The largest absolute Gasteiger partial charge is 0.507 e. The summed E-state index contributed by atoms with van der Waals surface area (Å²) in [7, 11) is 0. The minimum Gasteiger partial charge on any atom is -0.507 e. The van der Waals surface area contributed by atoms with Crippen molar-refractivity contribution in [3.63, 3.8) is 0 Å². The summed E-state index contributed by atoms with van der Waals surface area (Å²) in [4.78, 5) is 14.2. The lowest BCUT2D eigenvalue weighted by atomic mass is 9.99. The molecule has 0 aromatic heterocycles. The molecule has 98 valence electrons. The molecule has 3 nitrogen and oxygen atoms in total. The first kappa shape index (κ1) is 13.9. The summed E-state index contributed by atoms with van der Waals surface area (Å²) in [5, 5.41) is 10.7. The number of carbonyl (C=O) groups excluding carboxylic acids is 1. The number of halogens is 2. The van der Waals surface area contributed by atoms with E-state index < -0.39 is 0 Å². The van der Waals surface area contributed by atoms with Crippen LogP contribution in [0, 0.1) is 5.92 Å². The van der Waals surface area contributed by atoms with Gasteiger partial charge in [0.15, 0.2) is 0 Å². The Morgan fingerprint density at radius 3 is 3.00 bits per heavy atom. The molecule has 0 saturated carbocycles. The van der Waals surface area contributed by atoms with E-state index in [1.165, 1.54) is 0 Å². The van der Waals surface area contributed by atoms with Gasteiger partial charge in [-0.15, -0.1) is 0 Å². The van der Waals surface area contributed by atoms with E-state index in [1.807, 2.05) is 4.90 Å². The Hall–Kier alpha value is -0.550. The second-order valence-electron chi connectivity index (χ2n) is 4.58. The summed E-state index contributed by atoms with van der Waals surface area (Å²) in [6.07, 6.45) is 2.18. The second-order valence-corrected chi connectivity index (χ2v) is 6.14. The highest BCUT2D eigenvalue weighted by atomic mass is 79.9. The van der Waals surface area contributed by atoms with Crippen molar-refractivity contribution in [3.8, 4) is 5.75 Å². The highest BCUT2D eigenvalue weighted by Gasteiger charge is 2.25. The van der Waals surface area contributed by atoms with E-state index in [2.05, 4.69) is 31.9 Å². The van der Waals surface area contributed by atoms with E-state index in [1.54, 1.807) is 18.2 Å². The molecule has 1 heterocycles. The number of rotatable bonds is 2. The van der Waals surface area contributed by atoms with E-state index in [4.69, 9.17) is 0 Å². The van der Waals surface area contributed by atoms with Crippen molar-refractivity contribution in [3.05, 3.63) is 28.2 Å². The summed E-state index contributed by atoms with van der Waals surface area (Å²) < 4.78 is 0.803. The molecule has 0 bridgehead atoms. The van der Waals surface area contributed by atoms with Gasteiger partial charge < -0.3 is 10.0 Å². The predicted molar refractivity (Wildman–Crippen MR) is 78.2 cm³/mol. The quantitative estimate of drug-likeness (QED) is 0.803. The summed E-state index contributed by atoms with van der Waals surface area (Å²) in [6, 6.07) is 4.95. The average molecular weight is 377 g/mol. The molecule has 0 spiro atoms. The molecule has 1 aromatic rings. The predicted octanol–water partition coefficient (Wildman–Crippen LogP) is 3.40. The van der Waals surface area contributed by atoms with Crippen molar-refractivity contribution in [1.82, 2.24) is 4.90 Å². The summed E-state index contributed by atoms with van der Waals surface area (Å²) in [5.41, 5.74) is 0.375. The smallest absolute Gasteiger partial charge is 0.257 e. The third-order valence-corrected chi connectivity index (χ3v) is 4.62. The summed E-state index contributed by atoms with van der Waals surface area (Å²) >= 11 is 6.80. The van der Waals surface area contributed by atoms with Gasteiger partial charge in [-0.3, -0.25) is 4.79 Å². The van der Waals surface area contributed by atoms with Gasteiger partial charge in [0.25, 0.3) is 5.91 Å². The van der Waals surface area contributed by atoms with Gasteiger partial charge in [-0.05, 0) is 37.0 Å². The molecule has 1 aromatic carbocycles. The summed E-state index contributed by atoms with van der Waals surface area (Å²) in [6.45, 7) is 1.53. The molecule has 1 atom stereocenters. The first-order valence-corrected chi connectivity index (χ1v) is 7.87. The van der Waals surface area contributed by atoms with Crippen molar-refractivity contribution >= 4 is 37.8 Å². The van der Waals surface area contributed by atoms with Crippen LogP contribution in [0.15, 0.2) is 22.7 Å². The monoisotopic (exact) mass is 375 g/mol. The van der Waals surface area contributed by atoms with Crippen molar-refractivity contribution in [1.29, 1.82) is 0 Å². The maximum absolute atomic E-state index is 12.4. The van der Waals surface area contributed by atoms with E-state index >= 15 is 0 Å². The van der Waals surface area contributed by atoms with Gasteiger partial charge >= 0.3 is 0 Å². The molecule has 1 unspecified atom stereocenters. The van der Waals surface area contributed by atoms with Crippen LogP contribution in [0.3, 0.4) is 0 Å². The maximum atomic E-state index is 12.4. The molecule has 1 aliphatic rings. The lowest BCUT2D eigenvalue weighted by Gasteiger charge is -2.32. The zero-order valence-corrected chi connectivity index (χ0v) is 13.1. The topological polar surface area (TPSA) is 40.5 Å². The Morgan fingerprint density at radius 2 is 2.28 bits per heavy atom. The number of nitrogens with zero attached hydrogens (tertiary/aromatic N) is 1. The number of likely N-dealkylation sites (tertiary alicyclic amines) is 1. The third kappa shape index (κ3) is 3.06. The Labute approximate surface area is 123 Å². The molecule has 0 radical (unpaired) electrons. The lowest BCUT2D eigenvalue weighted by molar-refractivity contribution is 0.0683. The highest BCUT2D eigenvalue weighted by molar-refractivity contribution is 9.10. The number of benzene rings is 1. The standard InChI is InChI=1S/C13H15Br2NO2/c14-7-9-2-1-5-16(8-9)13(18)11-6-10(15)3-4-12(11)17/h3-4,6,9,17H,1-2,5,7-8H2. The fourth-order valence-electron chi connectivity index (χ4n) is 2.23. The molecular weight excluding hydrogens is 362 g/mol. The fraction of sp³-hybridized carbons (Fsp3) is 0.462. The highest BCUT2D eigenvalue weighted by Crippen LogP contribution is 2.26. The normalized spacial score (nSPS) is 19.9. The van der Waals surface area contributed by atoms with Crippen LogP contribution in [0.2, 0.25) is 0 Å². The van der Waals surface area contributed by atoms with Gasteiger partial charge in [0.1, 0.15) is 5.75 Å². The summed E-state index contributed by atoms with van der Waals surface area (Å²) in [5.74, 6) is 0.473. The number of piperidine rings is 1. The van der Waals surface area contributed by atoms with E-state index in [9.17, 15) is 9.90 Å². The number of alkyl halides is 1. The number of phenols is 1. The number of aromatic hydroxyl groups is 1. The second kappa shape index (κ2) is 6.06. The molecule has 18 heavy (non-hydrogen) atoms. The zero-order valence-electron chi connectivity index (χ0n) is 9.90. The van der Waals surface area contributed by atoms with Crippen LogP contribution in [0.1, 0.15) is 23.2 Å². The van der Waals surface area contributed by atoms with Crippen LogP contribution in [0.25, 0.3) is 0 Å². The SMILES string of the molecule is O=C(c1cc(Br)ccc1O)N1CCCC(CBr)C1. The molecule has 2 rings (SSSR count). The Bertz CT molecular complexity index is 451. The molecule has 0 aliphatic carbocycles. The first-order chi connectivity index (χ1) is 8.61. The number of hydrogen-bond acceptors (Lipinski definition) is 2. The number of phenolic OH excluding ortho intramolecular Hbond substituents is 1. The van der Waals surface area contributed by atoms with Crippen molar-refractivity contribution in [2.24, 2.45) is 5.92 Å². The minimum absolute atomic E-state index is 0.0455. The number of hydrogen-bond donors (Lipinski definition) is 1. The molecule has 1 N–H and O–H groups in total. The molecular formula is C13H15Br2NO2. The Kier molecular flexibility index (Phi) is 4.67. The lowest BCUT2D eigenvalue weighted by Crippen LogP contribution is -2.40. The number of carbonyl (C=O) groups is 1. The van der Waals surface area contributed by atoms with Crippen LogP contribution in [-0.2, 0) is 0 Å². The van der Waals surface area contributed by atoms with Crippen LogP contribution in [0.5, 0.6) is 5.75 Å². The Morgan fingerprint density at radius 1 is 1.50 bits per heavy atom. The molecule has 1 saturated heterocycles. The van der Waals surface area contributed by atoms with Crippen molar-refractivity contribution in [2.45, 2.75) is 12.8 Å². The van der Waals surface area contributed by atoms with E-state index in [0.717, 1.165) is 35.7 Å². The number of amides is 1. The first-order valence-electron chi connectivity index (χ1n) is 5.95. The van der Waals surface area contributed by atoms with E-state index in [0.29, 0.717) is 11.5 Å². The molecule has 5 heteroatoms. The van der Waals surface area contributed by atoms with Gasteiger partial charge in [-0.25, -0.2) is 0 Å². The van der Waals surface area contributed by atoms with Gasteiger partial charge in [-0.1, -0.05) is 31.9 Å². The van der Waals surface area contributed by atoms with Gasteiger partial charge in [0, 0.05) is 22.9 Å². The van der Waals surface area contributed by atoms with Crippen LogP contribution < -0.4 is 0 Å². The average Bonchev–Trinajstić information content (AvgIpc) is 2.41.